The normalized spacial score (nSPS) is 14.2. The van der Waals surface area contributed by atoms with Crippen LogP contribution in [0.1, 0.15) is 40.7 Å². The fraction of sp³-hybridized carbons (Fsp3) is 0.364. The highest BCUT2D eigenvalue weighted by molar-refractivity contribution is 14.0. The molecular weight excluding hydrogens is 463 g/mol. The van der Waals surface area contributed by atoms with Gasteiger partial charge in [-0.3, -0.25) is 9.79 Å². The summed E-state index contributed by atoms with van der Waals surface area (Å²) in [6.45, 7) is 3.15. The van der Waals surface area contributed by atoms with Crippen molar-refractivity contribution in [1.82, 2.24) is 15.5 Å². The highest BCUT2D eigenvalue weighted by Crippen LogP contribution is 2.14. The molecule has 2 N–H and O–H groups in total. The second kappa shape index (κ2) is 11.7. The van der Waals surface area contributed by atoms with Crippen LogP contribution in [0.15, 0.2) is 59.6 Å². The zero-order valence-electron chi connectivity index (χ0n) is 16.4. The molecule has 0 saturated carbocycles. The Morgan fingerprint density at radius 1 is 0.893 bits per heavy atom. The minimum atomic E-state index is 0. The van der Waals surface area contributed by atoms with Crippen molar-refractivity contribution in [2.24, 2.45) is 4.99 Å². The van der Waals surface area contributed by atoms with Gasteiger partial charge in [0.25, 0.3) is 5.91 Å². The molecule has 0 aromatic heterocycles. The largest absolute Gasteiger partial charge is 0.352 e. The first-order valence-corrected chi connectivity index (χ1v) is 9.63. The molecule has 1 saturated heterocycles. The topological polar surface area (TPSA) is 56.7 Å². The Kier molecular flexibility index (Phi) is 9.27. The lowest BCUT2D eigenvalue weighted by atomic mass is 10.1. The van der Waals surface area contributed by atoms with Gasteiger partial charge >= 0.3 is 0 Å². The average molecular weight is 492 g/mol. The standard InChI is InChI=1S/C22H28N4O.HI/c1-23-22(24-16-18-8-4-2-5-9-18)25-17-19-10-12-20(13-11-19)21(27)26-14-6-3-7-15-26;/h2,4-5,8-13H,3,6-7,14-17H2,1H3,(H2,23,24,25);1H. The highest BCUT2D eigenvalue weighted by atomic mass is 127. The zero-order valence-corrected chi connectivity index (χ0v) is 18.7. The molecule has 0 aliphatic carbocycles. The molecule has 1 aliphatic heterocycles. The number of guanidine groups is 1. The summed E-state index contributed by atoms with van der Waals surface area (Å²) in [5, 5.41) is 6.62. The molecule has 0 atom stereocenters. The Bertz CT molecular complexity index is 756. The van der Waals surface area contributed by atoms with Crippen LogP contribution in [0.3, 0.4) is 0 Å². The number of hydrogen-bond donors (Lipinski definition) is 2. The molecule has 1 amide bonds. The van der Waals surface area contributed by atoms with Crippen LogP contribution in [-0.4, -0.2) is 36.9 Å². The van der Waals surface area contributed by atoms with E-state index < -0.39 is 0 Å². The Morgan fingerprint density at radius 2 is 1.46 bits per heavy atom. The van der Waals surface area contributed by atoms with Gasteiger partial charge in [0, 0.05) is 38.8 Å². The summed E-state index contributed by atoms with van der Waals surface area (Å²) in [7, 11) is 1.76. The van der Waals surface area contributed by atoms with Gasteiger partial charge in [0.2, 0.25) is 0 Å². The fourth-order valence-electron chi connectivity index (χ4n) is 3.23. The zero-order chi connectivity index (χ0) is 18.9. The van der Waals surface area contributed by atoms with Gasteiger partial charge in [-0.05, 0) is 42.5 Å². The number of aliphatic imine (C=N–C) groups is 1. The van der Waals surface area contributed by atoms with Gasteiger partial charge in [0.15, 0.2) is 5.96 Å². The molecule has 2 aromatic carbocycles. The quantitative estimate of drug-likeness (QED) is 0.380. The van der Waals surface area contributed by atoms with Crippen LogP contribution >= 0.6 is 24.0 Å². The molecule has 1 aliphatic rings. The molecule has 6 heteroatoms. The number of rotatable bonds is 5. The number of carbonyl (C=O) groups is 1. The van der Waals surface area contributed by atoms with Gasteiger partial charge in [-0.25, -0.2) is 0 Å². The lowest BCUT2D eigenvalue weighted by molar-refractivity contribution is 0.0724. The molecule has 0 spiro atoms. The third-order valence-electron chi connectivity index (χ3n) is 4.83. The molecule has 28 heavy (non-hydrogen) atoms. The Hall–Kier alpha value is -2.09. The molecule has 1 fully saturated rings. The smallest absolute Gasteiger partial charge is 0.253 e. The number of nitrogens with one attached hydrogen (secondary N) is 2. The Balaban J connectivity index is 0.00000280. The lowest BCUT2D eigenvalue weighted by Crippen LogP contribution is -2.36. The van der Waals surface area contributed by atoms with E-state index in [2.05, 4.69) is 27.8 Å². The van der Waals surface area contributed by atoms with Crippen molar-refractivity contribution in [3.05, 3.63) is 71.3 Å². The molecule has 5 nitrogen and oxygen atoms in total. The first-order valence-electron chi connectivity index (χ1n) is 9.63. The van der Waals surface area contributed by atoms with E-state index in [0.29, 0.717) is 6.54 Å². The van der Waals surface area contributed by atoms with E-state index in [4.69, 9.17) is 0 Å². The second-order valence-electron chi connectivity index (χ2n) is 6.81. The summed E-state index contributed by atoms with van der Waals surface area (Å²) in [4.78, 5) is 18.7. The maximum Gasteiger partial charge on any atom is 0.253 e. The van der Waals surface area contributed by atoms with Gasteiger partial charge in [0.1, 0.15) is 0 Å². The van der Waals surface area contributed by atoms with E-state index in [1.54, 1.807) is 7.05 Å². The van der Waals surface area contributed by atoms with Crippen LogP contribution < -0.4 is 10.6 Å². The van der Waals surface area contributed by atoms with Crippen molar-refractivity contribution in [1.29, 1.82) is 0 Å². The van der Waals surface area contributed by atoms with E-state index >= 15 is 0 Å². The number of halogens is 1. The average Bonchev–Trinajstić information content (AvgIpc) is 2.75. The van der Waals surface area contributed by atoms with E-state index in [1.165, 1.54) is 12.0 Å². The van der Waals surface area contributed by atoms with Crippen LogP contribution in [0.5, 0.6) is 0 Å². The predicted octanol–water partition coefficient (Wildman–Crippen LogP) is 3.80. The minimum absolute atomic E-state index is 0. The van der Waals surface area contributed by atoms with E-state index in [9.17, 15) is 4.79 Å². The molecule has 0 radical (unpaired) electrons. The maximum atomic E-state index is 12.5. The number of piperidine rings is 1. The van der Waals surface area contributed by atoms with Crippen LogP contribution in [-0.2, 0) is 13.1 Å². The predicted molar refractivity (Wildman–Crippen MR) is 125 cm³/mol. The van der Waals surface area contributed by atoms with Crippen molar-refractivity contribution < 1.29 is 4.79 Å². The lowest BCUT2D eigenvalue weighted by Gasteiger charge is -2.26. The first-order chi connectivity index (χ1) is 13.3. The first kappa shape index (κ1) is 22.2. The van der Waals surface area contributed by atoms with E-state index in [1.807, 2.05) is 47.4 Å². The minimum Gasteiger partial charge on any atom is -0.352 e. The molecule has 150 valence electrons. The summed E-state index contributed by atoms with van der Waals surface area (Å²) in [6, 6.07) is 18.1. The van der Waals surface area contributed by atoms with Crippen LogP contribution in [0, 0.1) is 0 Å². The molecule has 1 heterocycles. The number of nitrogens with zero attached hydrogens (tertiary/aromatic N) is 2. The fourth-order valence-corrected chi connectivity index (χ4v) is 3.23. The molecule has 2 aromatic rings. The van der Waals surface area contributed by atoms with Crippen molar-refractivity contribution in [3.63, 3.8) is 0 Å². The van der Waals surface area contributed by atoms with Gasteiger partial charge in [-0.15, -0.1) is 24.0 Å². The van der Waals surface area contributed by atoms with Crippen molar-refractivity contribution in [3.8, 4) is 0 Å². The van der Waals surface area contributed by atoms with Gasteiger partial charge in [-0.1, -0.05) is 42.5 Å². The third kappa shape index (κ3) is 6.51. The number of carbonyl (C=O) groups excluding carboxylic acids is 1. The van der Waals surface area contributed by atoms with Crippen LogP contribution in [0.4, 0.5) is 0 Å². The number of hydrogen-bond acceptors (Lipinski definition) is 2. The monoisotopic (exact) mass is 492 g/mol. The summed E-state index contributed by atoms with van der Waals surface area (Å²) < 4.78 is 0. The molecular formula is C22H29IN4O. The van der Waals surface area contributed by atoms with Gasteiger partial charge < -0.3 is 15.5 Å². The maximum absolute atomic E-state index is 12.5. The number of likely N-dealkylation sites (tertiary alicyclic amines) is 1. The molecule has 3 rings (SSSR count). The number of benzene rings is 2. The summed E-state index contributed by atoms with van der Waals surface area (Å²) >= 11 is 0. The van der Waals surface area contributed by atoms with Crippen molar-refractivity contribution in [2.45, 2.75) is 32.4 Å². The van der Waals surface area contributed by atoms with Gasteiger partial charge in [-0.2, -0.15) is 0 Å². The SMILES string of the molecule is CN=C(NCc1ccccc1)NCc1ccc(C(=O)N2CCCCC2)cc1.I. The van der Waals surface area contributed by atoms with Crippen LogP contribution in [0.2, 0.25) is 0 Å². The third-order valence-corrected chi connectivity index (χ3v) is 4.83. The van der Waals surface area contributed by atoms with Crippen LogP contribution in [0.25, 0.3) is 0 Å². The second-order valence-corrected chi connectivity index (χ2v) is 6.81. The Labute approximate surface area is 184 Å². The number of amides is 1. The summed E-state index contributed by atoms with van der Waals surface area (Å²) in [6.07, 6.45) is 3.46. The van der Waals surface area contributed by atoms with Crippen molar-refractivity contribution >= 4 is 35.8 Å². The Morgan fingerprint density at radius 3 is 2.04 bits per heavy atom. The molecule has 0 bridgehead atoms. The van der Waals surface area contributed by atoms with Crippen molar-refractivity contribution in [2.75, 3.05) is 20.1 Å². The van der Waals surface area contributed by atoms with Gasteiger partial charge in [0.05, 0.1) is 0 Å². The van der Waals surface area contributed by atoms with E-state index in [-0.39, 0.29) is 29.9 Å². The molecule has 0 unspecified atom stereocenters. The van der Waals surface area contributed by atoms with E-state index in [0.717, 1.165) is 49.6 Å². The highest BCUT2D eigenvalue weighted by Gasteiger charge is 2.17. The summed E-state index contributed by atoms with van der Waals surface area (Å²) in [5.74, 6) is 0.905. The summed E-state index contributed by atoms with van der Waals surface area (Å²) in [5.41, 5.74) is 3.10.